The summed E-state index contributed by atoms with van der Waals surface area (Å²) >= 11 is 0. The van der Waals surface area contributed by atoms with Gasteiger partial charge in [0.05, 0.1) is 25.9 Å². The zero-order chi connectivity index (χ0) is 10.7. The van der Waals surface area contributed by atoms with E-state index in [-0.39, 0.29) is 18.0 Å². The molecular formula is C11H14FNO2. The normalized spacial score (nSPS) is 18.5. The monoisotopic (exact) mass is 211 g/mol. The van der Waals surface area contributed by atoms with Crippen LogP contribution in [0.5, 0.6) is 0 Å². The Labute approximate surface area is 88.0 Å². The minimum Gasteiger partial charge on any atom is -0.376 e. The van der Waals surface area contributed by atoms with Gasteiger partial charge in [0.15, 0.2) is 0 Å². The number of nitrogens with two attached hydrogens (primary N) is 1. The SMILES string of the molecule is NC(COC1COC1)c1ccc(F)cc1. The molecule has 82 valence electrons. The van der Waals surface area contributed by atoms with E-state index in [1.54, 1.807) is 12.1 Å². The van der Waals surface area contributed by atoms with E-state index in [2.05, 4.69) is 0 Å². The first kappa shape index (κ1) is 10.5. The molecule has 0 amide bonds. The van der Waals surface area contributed by atoms with Gasteiger partial charge in [0.1, 0.15) is 11.9 Å². The van der Waals surface area contributed by atoms with Crippen molar-refractivity contribution in [2.45, 2.75) is 12.1 Å². The predicted molar refractivity (Wildman–Crippen MR) is 53.9 cm³/mol. The Hall–Kier alpha value is -0.970. The third-order valence-electron chi connectivity index (χ3n) is 2.42. The van der Waals surface area contributed by atoms with Crippen molar-refractivity contribution in [3.05, 3.63) is 35.6 Å². The molecule has 2 rings (SSSR count). The molecule has 0 aliphatic carbocycles. The van der Waals surface area contributed by atoms with E-state index in [9.17, 15) is 4.39 Å². The topological polar surface area (TPSA) is 44.5 Å². The maximum atomic E-state index is 12.6. The third kappa shape index (κ3) is 2.75. The summed E-state index contributed by atoms with van der Waals surface area (Å²) in [6, 6.07) is 5.97. The zero-order valence-electron chi connectivity index (χ0n) is 8.36. The minimum atomic E-state index is -0.251. The molecule has 0 saturated carbocycles. The first-order valence-electron chi connectivity index (χ1n) is 4.96. The van der Waals surface area contributed by atoms with Crippen LogP contribution in [0.1, 0.15) is 11.6 Å². The highest BCUT2D eigenvalue weighted by atomic mass is 19.1. The molecule has 1 aliphatic rings. The zero-order valence-corrected chi connectivity index (χ0v) is 8.36. The van der Waals surface area contributed by atoms with E-state index in [4.69, 9.17) is 15.2 Å². The van der Waals surface area contributed by atoms with Gasteiger partial charge in [0.25, 0.3) is 0 Å². The first-order chi connectivity index (χ1) is 7.25. The van der Waals surface area contributed by atoms with Crippen LogP contribution in [-0.4, -0.2) is 25.9 Å². The maximum absolute atomic E-state index is 12.6. The van der Waals surface area contributed by atoms with Gasteiger partial charge in [-0.3, -0.25) is 0 Å². The summed E-state index contributed by atoms with van der Waals surface area (Å²) in [5.74, 6) is -0.251. The second-order valence-corrected chi connectivity index (χ2v) is 3.65. The van der Waals surface area contributed by atoms with E-state index in [1.807, 2.05) is 0 Å². The molecule has 0 aromatic heterocycles. The van der Waals surface area contributed by atoms with Crippen molar-refractivity contribution < 1.29 is 13.9 Å². The van der Waals surface area contributed by atoms with Crippen LogP contribution >= 0.6 is 0 Å². The Kier molecular flexibility index (Phi) is 3.30. The molecule has 1 aromatic rings. The summed E-state index contributed by atoms with van der Waals surface area (Å²) in [6.45, 7) is 1.74. The Morgan fingerprint density at radius 1 is 1.40 bits per heavy atom. The quantitative estimate of drug-likeness (QED) is 0.815. The van der Waals surface area contributed by atoms with Gasteiger partial charge in [-0.15, -0.1) is 0 Å². The highest BCUT2D eigenvalue weighted by Gasteiger charge is 2.20. The molecule has 1 atom stereocenters. The van der Waals surface area contributed by atoms with Crippen molar-refractivity contribution >= 4 is 0 Å². The van der Waals surface area contributed by atoms with Crippen LogP contribution in [0, 0.1) is 5.82 Å². The highest BCUT2D eigenvalue weighted by Crippen LogP contribution is 2.14. The average Bonchev–Trinajstić information content (AvgIpc) is 2.16. The number of rotatable bonds is 4. The lowest BCUT2D eigenvalue weighted by molar-refractivity contribution is -0.131. The van der Waals surface area contributed by atoms with E-state index in [0.717, 1.165) is 5.56 Å². The van der Waals surface area contributed by atoms with Crippen molar-refractivity contribution in [2.75, 3.05) is 19.8 Å². The van der Waals surface area contributed by atoms with Crippen LogP contribution in [0.4, 0.5) is 4.39 Å². The summed E-state index contributed by atoms with van der Waals surface area (Å²) in [7, 11) is 0. The van der Waals surface area contributed by atoms with E-state index in [1.165, 1.54) is 12.1 Å². The average molecular weight is 211 g/mol. The van der Waals surface area contributed by atoms with Gasteiger partial charge in [0, 0.05) is 0 Å². The van der Waals surface area contributed by atoms with Gasteiger partial charge >= 0.3 is 0 Å². The lowest BCUT2D eigenvalue weighted by atomic mass is 10.1. The molecule has 0 spiro atoms. The van der Waals surface area contributed by atoms with E-state index in [0.29, 0.717) is 19.8 Å². The number of benzene rings is 1. The summed E-state index contributed by atoms with van der Waals surface area (Å²) in [4.78, 5) is 0. The Bertz CT molecular complexity index is 311. The van der Waals surface area contributed by atoms with E-state index >= 15 is 0 Å². The third-order valence-corrected chi connectivity index (χ3v) is 2.42. The summed E-state index contributed by atoms with van der Waals surface area (Å²) in [5, 5.41) is 0. The molecule has 15 heavy (non-hydrogen) atoms. The Morgan fingerprint density at radius 3 is 2.60 bits per heavy atom. The second-order valence-electron chi connectivity index (χ2n) is 3.65. The van der Waals surface area contributed by atoms with E-state index < -0.39 is 0 Å². The molecule has 1 saturated heterocycles. The Morgan fingerprint density at radius 2 is 2.07 bits per heavy atom. The van der Waals surface area contributed by atoms with Gasteiger partial charge in [-0.25, -0.2) is 4.39 Å². The molecule has 1 aliphatic heterocycles. The molecule has 4 heteroatoms. The van der Waals surface area contributed by atoms with Gasteiger partial charge < -0.3 is 15.2 Å². The molecule has 0 radical (unpaired) electrons. The lowest BCUT2D eigenvalue weighted by Crippen LogP contribution is -2.37. The summed E-state index contributed by atoms with van der Waals surface area (Å²) in [5.41, 5.74) is 6.77. The molecule has 3 nitrogen and oxygen atoms in total. The largest absolute Gasteiger partial charge is 0.376 e. The number of hydrogen-bond acceptors (Lipinski definition) is 3. The molecule has 1 heterocycles. The molecular weight excluding hydrogens is 197 g/mol. The van der Waals surface area contributed by atoms with Crippen LogP contribution in [0.3, 0.4) is 0 Å². The smallest absolute Gasteiger partial charge is 0.123 e. The highest BCUT2D eigenvalue weighted by molar-refractivity contribution is 5.19. The van der Waals surface area contributed by atoms with Crippen LogP contribution in [0.15, 0.2) is 24.3 Å². The fraction of sp³-hybridized carbons (Fsp3) is 0.455. The van der Waals surface area contributed by atoms with Crippen molar-refractivity contribution in [3.63, 3.8) is 0 Å². The van der Waals surface area contributed by atoms with Crippen molar-refractivity contribution in [2.24, 2.45) is 5.73 Å². The summed E-state index contributed by atoms with van der Waals surface area (Å²) < 4.78 is 23.1. The fourth-order valence-corrected chi connectivity index (χ4v) is 1.36. The number of ether oxygens (including phenoxy) is 2. The fourth-order valence-electron chi connectivity index (χ4n) is 1.36. The van der Waals surface area contributed by atoms with Crippen molar-refractivity contribution in [3.8, 4) is 0 Å². The van der Waals surface area contributed by atoms with Crippen molar-refractivity contribution in [1.29, 1.82) is 0 Å². The van der Waals surface area contributed by atoms with Gasteiger partial charge in [0.2, 0.25) is 0 Å². The van der Waals surface area contributed by atoms with Gasteiger partial charge in [-0.2, -0.15) is 0 Å². The van der Waals surface area contributed by atoms with Gasteiger partial charge in [-0.1, -0.05) is 12.1 Å². The summed E-state index contributed by atoms with van der Waals surface area (Å²) in [6.07, 6.45) is 0.177. The van der Waals surface area contributed by atoms with Crippen LogP contribution in [0.2, 0.25) is 0 Å². The predicted octanol–water partition coefficient (Wildman–Crippen LogP) is 1.24. The number of hydrogen-bond donors (Lipinski definition) is 1. The Balaban J connectivity index is 1.83. The van der Waals surface area contributed by atoms with Crippen molar-refractivity contribution in [1.82, 2.24) is 0 Å². The van der Waals surface area contributed by atoms with Gasteiger partial charge in [-0.05, 0) is 17.7 Å². The number of halogens is 1. The molecule has 1 unspecified atom stereocenters. The standard InChI is InChI=1S/C11H14FNO2/c12-9-3-1-8(2-4-9)11(13)7-15-10-5-14-6-10/h1-4,10-11H,5-7,13H2. The molecule has 0 bridgehead atoms. The van der Waals surface area contributed by atoms with Crippen LogP contribution in [0.25, 0.3) is 0 Å². The lowest BCUT2D eigenvalue weighted by Gasteiger charge is -2.27. The second kappa shape index (κ2) is 4.70. The van der Waals surface area contributed by atoms with Crippen LogP contribution in [-0.2, 0) is 9.47 Å². The van der Waals surface area contributed by atoms with Crippen LogP contribution < -0.4 is 5.73 Å². The first-order valence-corrected chi connectivity index (χ1v) is 4.96. The molecule has 2 N–H and O–H groups in total. The minimum absolute atomic E-state index is 0.177. The molecule has 1 fully saturated rings. The molecule has 1 aromatic carbocycles. The maximum Gasteiger partial charge on any atom is 0.123 e.